The van der Waals surface area contributed by atoms with Gasteiger partial charge in [-0.15, -0.1) is 0 Å². The average molecular weight is 368 g/mol. The number of hydrogen-bond donors (Lipinski definition) is 2. The molecule has 27 heavy (non-hydrogen) atoms. The minimum absolute atomic E-state index is 0.0153. The first kappa shape index (κ1) is 20.5. The van der Waals surface area contributed by atoms with Gasteiger partial charge >= 0.3 is 0 Å². The molecule has 0 aliphatic carbocycles. The molecule has 0 aliphatic heterocycles. The lowest BCUT2D eigenvalue weighted by Crippen LogP contribution is -2.32. The Hall–Kier alpha value is -2.82. The zero-order chi connectivity index (χ0) is 19.6. The van der Waals surface area contributed by atoms with Crippen molar-refractivity contribution in [2.24, 2.45) is 5.92 Å². The molecule has 0 spiro atoms. The molecule has 0 heterocycles. The zero-order valence-corrected chi connectivity index (χ0v) is 16.2. The third kappa shape index (κ3) is 6.44. The second kappa shape index (κ2) is 10.4. The number of carbonyl (C=O) groups excluding carboxylic acids is 2. The molecule has 0 fully saturated rings. The molecule has 0 aromatic heterocycles. The zero-order valence-electron chi connectivity index (χ0n) is 16.2. The summed E-state index contributed by atoms with van der Waals surface area (Å²) in [6.45, 7) is 4.63. The van der Waals surface area contributed by atoms with Gasteiger partial charge in [-0.05, 0) is 42.2 Å². The highest BCUT2D eigenvalue weighted by molar-refractivity contribution is 5.94. The minimum atomic E-state index is -0.116. The van der Waals surface area contributed by atoms with E-state index in [9.17, 15) is 9.59 Å². The second-order valence-corrected chi connectivity index (χ2v) is 6.79. The van der Waals surface area contributed by atoms with Gasteiger partial charge in [0.1, 0.15) is 5.75 Å². The van der Waals surface area contributed by atoms with Crippen LogP contribution in [0.25, 0.3) is 0 Å². The van der Waals surface area contributed by atoms with E-state index in [4.69, 9.17) is 4.74 Å². The van der Waals surface area contributed by atoms with Crippen LogP contribution < -0.4 is 15.4 Å². The summed E-state index contributed by atoms with van der Waals surface area (Å²) in [4.78, 5) is 24.3. The Bertz CT molecular complexity index is 727. The Labute approximate surface area is 161 Å². The Morgan fingerprint density at radius 3 is 2.26 bits per heavy atom. The summed E-state index contributed by atoms with van der Waals surface area (Å²) in [5.41, 5.74) is 1.68. The molecule has 2 rings (SSSR count). The van der Waals surface area contributed by atoms with E-state index in [1.165, 1.54) is 0 Å². The van der Waals surface area contributed by atoms with Crippen LogP contribution in [-0.2, 0) is 4.79 Å². The third-order valence-corrected chi connectivity index (χ3v) is 4.36. The van der Waals surface area contributed by atoms with Gasteiger partial charge in [0.25, 0.3) is 5.91 Å². The van der Waals surface area contributed by atoms with E-state index in [-0.39, 0.29) is 23.8 Å². The van der Waals surface area contributed by atoms with Crippen molar-refractivity contribution in [2.75, 3.05) is 13.7 Å². The van der Waals surface area contributed by atoms with Crippen LogP contribution in [0.3, 0.4) is 0 Å². The molecule has 2 aromatic rings. The molecule has 0 saturated heterocycles. The Kier molecular flexibility index (Phi) is 7.86. The fourth-order valence-corrected chi connectivity index (χ4v) is 2.83. The van der Waals surface area contributed by atoms with E-state index < -0.39 is 0 Å². The maximum absolute atomic E-state index is 12.3. The van der Waals surface area contributed by atoms with Gasteiger partial charge in [-0.25, -0.2) is 0 Å². The normalized spacial score (nSPS) is 11.7. The molecule has 0 saturated carbocycles. The van der Waals surface area contributed by atoms with Gasteiger partial charge < -0.3 is 15.4 Å². The molecule has 144 valence electrons. The lowest BCUT2D eigenvalue weighted by atomic mass is 9.95. The first-order valence-electron chi connectivity index (χ1n) is 9.28. The fraction of sp³-hybridized carbons (Fsp3) is 0.364. The van der Waals surface area contributed by atoms with Gasteiger partial charge in [0.2, 0.25) is 5.91 Å². The van der Waals surface area contributed by atoms with Crippen LogP contribution in [0.15, 0.2) is 54.6 Å². The van der Waals surface area contributed by atoms with Gasteiger partial charge in [0.15, 0.2) is 0 Å². The largest absolute Gasteiger partial charge is 0.497 e. The van der Waals surface area contributed by atoms with Crippen molar-refractivity contribution in [3.8, 4) is 5.75 Å². The first-order chi connectivity index (χ1) is 13.0. The molecule has 2 N–H and O–H groups in total. The summed E-state index contributed by atoms with van der Waals surface area (Å²) in [7, 11) is 1.63. The summed E-state index contributed by atoms with van der Waals surface area (Å²) in [5, 5.41) is 5.94. The quantitative estimate of drug-likeness (QED) is 0.663. The lowest BCUT2D eigenvalue weighted by Gasteiger charge is -2.23. The average Bonchev–Trinajstić information content (AvgIpc) is 2.70. The number of nitrogens with one attached hydrogen (secondary N) is 2. The highest BCUT2D eigenvalue weighted by Gasteiger charge is 2.18. The van der Waals surface area contributed by atoms with Crippen molar-refractivity contribution in [3.05, 3.63) is 65.7 Å². The predicted octanol–water partition coefficient (Wildman–Crippen LogP) is 3.72. The van der Waals surface area contributed by atoms with Crippen LogP contribution >= 0.6 is 0 Å². The number of hydrogen-bond acceptors (Lipinski definition) is 3. The maximum Gasteiger partial charge on any atom is 0.251 e. The number of carbonyl (C=O) groups is 2. The first-order valence-corrected chi connectivity index (χ1v) is 9.28. The molecule has 2 aromatic carbocycles. The van der Waals surface area contributed by atoms with E-state index >= 15 is 0 Å². The topological polar surface area (TPSA) is 67.4 Å². The van der Waals surface area contributed by atoms with Crippen LogP contribution in [0.5, 0.6) is 5.75 Å². The summed E-state index contributed by atoms with van der Waals surface area (Å²) in [6.07, 6.45) is 0.965. The van der Waals surface area contributed by atoms with Gasteiger partial charge in [0, 0.05) is 18.5 Å². The van der Waals surface area contributed by atoms with E-state index in [1.807, 2.05) is 42.5 Å². The number of benzene rings is 2. The van der Waals surface area contributed by atoms with Crippen molar-refractivity contribution < 1.29 is 14.3 Å². The van der Waals surface area contributed by atoms with Crippen molar-refractivity contribution in [3.63, 3.8) is 0 Å². The van der Waals surface area contributed by atoms with Crippen LogP contribution in [0.2, 0.25) is 0 Å². The van der Waals surface area contributed by atoms with Crippen LogP contribution in [0.1, 0.15) is 48.7 Å². The Morgan fingerprint density at radius 2 is 1.67 bits per heavy atom. The van der Waals surface area contributed by atoms with E-state index in [1.54, 1.807) is 19.2 Å². The van der Waals surface area contributed by atoms with E-state index in [0.29, 0.717) is 24.9 Å². The lowest BCUT2D eigenvalue weighted by molar-refractivity contribution is -0.122. The molecule has 5 nitrogen and oxygen atoms in total. The molecule has 5 heteroatoms. The minimum Gasteiger partial charge on any atom is -0.497 e. The van der Waals surface area contributed by atoms with E-state index in [0.717, 1.165) is 11.3 Å². The van der Waals surface area contributed by atoms with Crippen LogP contribution in [0, 0.1) is 5.92 Å². The van der Waals surface area contributed by atoms with Gasteiger partial charge in [-0.1, -0.05) is 44.2 Å². The Balaban J connectivity index is 1.79. The standard InChI is InChI=1S/C22H28N2O3/c1-16(2)21(17-11-13-19(27-3)14-12-17)24-20(25)10-7-15-23-22(26)18-8-5-4-6-9-18/h4-6,8-9,11-14,16,21H,7,10,15H2,1-3H3,(H,23,26)(H,24,25). The van der Waals surface area contributed by atoms with Crippen molar-refractivity contribution >= 4 is 11.8 Å². The molecule has 0 aliphatic rings. The SMILES string of the molecule is COc1ccc(C(NC(=O)CCCNC(=O)c2ccccc2)C(C)C)cc1. The van der Waals surface area contributed by atoms with Gasteiger partial charge in [-0.3, -0.25) is 9.59 Å². The van der Waals surface area contributed by atoms with Crippen molar-refractivity contribution in [1.29, 1.82) is 0 Å². The number of ether oxygens (including phenoxy) is 1. The van der Waals surface area contributed by atoms with Gasteiger partial charge in [-0.2, -0.15) is 0 Å². The second-order valence-electron chi connectivity index (χ2n) is 6.79. The predicted molar refractivity (Wildman–Crippen MR) is 107 cm³/mol. The van der Waals surface area contributed by atoms with E-state index in [2.05, 4.69) is 24.5 Å². The van der Waals surface area contributed by atoms with Crippen LogP contribution in [-0.4, -0.2) is 25.5 Å². The smallest absolute Gasteiger partial charge is 0.251 e. The highest BCUT2D eigenvalue weighted by atomic mass is 16.5. The third-order valence-electron chi connectivity index (χ3n) is 4.36. The molecular formula is C22H28N2O3. The number of methoxy groups -OCH3 is 1. The van der Waals surface area contributed by atoms with Gasteiger partial charge in [0.05, 0.1) is 13.2 Å². The van der Waals surface area contributed by atoms with Crippen LogP contribution in [0.4, 0.5) is 0 Å². The molecular weight excluding hydrogens is 340 g/mol. The Morgan fingerprint density at radius 1 is 1.00 bits per heavy atom. The maximum atomic E-state index is 12.3. The molecule has 0 radical (unpaired) electrons. The molecule has 1 unspecified atom stereocenters. The number of rotatable bonds is 9. The summed E-state index contributed by atoms with van der Waals surface area (Å²) in [5.74, 6) is 0.926. The highest BCUT2D eigenvalue weighted by Crippen LogP contribution is 2.24. The fourth-order valence-electron chi connectivity index (χ4n) is 2.83. The van der Waals surface area contributed by atoms with Crippen molar-refractivity contribution in [1.82, 2.24) is 10.6 Å². The molecule has 1 atom stereocenters. The molecule has 2 amide bonds. The number of amides is 2. The summed E-state index contributed by atoms with van der Waals surface area (Å²) in [6, 6.07) is 16.8. The summed E-state index contributed by atoms with van der Waals surface area (Å²) < 4.78 is 5.19. The molecule has 0 bridgehead atoms. The van der Waals surface area contributed by atoms with Crippen molar-refractivity contribution in [2.45, 2.75) is 32.7 Å². The summed E-state index contributed by atoms with van der Waals surface area (Å²) >= 11 is 0. The monoisotopic (exact) mass is 368 g/mol.